The Labute approximate surface area is 161 Å². The molecule has 0 unspecified atom stereocenters. The first-order valence-electron chi connectivity index (χ1n) is 7.74. The molecule has 0 spiro atoms. The number of pyridine rings is 1. The summed E-state index contributed by atoms with van der Waals surface area (Å²) in [5.74, 6) is 1.47. The highest BCUT2D eigenvalue weighted by atomic mass is 127. The number of aromatic nitrogens is 1. The van der Waals surface area contributed by atoms with Crippen LogP contribution < -0.4 is 10.6 Å². The fraction of sp³-hybridized carbons (Fsp3) is 0.625. The summed E-state index contributed by atoms with van der Waals surface area (Å²) in [6, 6.07) is 3.79. The summed E-state index contributed by atoms with van der Waals surface area (Å²) in [6.07, 6.45) is 3.76. The van der Waals surface area contributed by atoms with E-state index in [-0.39, 0.29) is 24.0 Å². The van der Waals surface area contributed by atoms with Crippen LogP contribution >= 0.6 is 35.6 Å². The molecule has 0 aliphatic heterocycles. The third-order valence-corrected chi connectivity index (χ3v) is 3.32. The zero-order valence-electron chi connectivity index (χ0n) is 14.1. The first kappa shape index (κ1) is 22.4. The maximum atomic E-state index is 5.76. The standard InChI is InChI=1S/C16H27ClN4O.HI/c1-13(2)7-10-22-11-9-20-16(18-3)19-8-6-14-4-5-15(17)21-12-14;/h4-5,12-13H,6-11H2,1-3H3,(H2,18,19,20);1H. The number of nitrogens with zero attached hydrogens (tertiary/aromatic N) is 2. The second-order valence-corrected chi connectivity index (χ2v) is 5.85. The molecule has 0 aliphatic rings. The summed E-state index contributed by atoms with van der Waals surface area (Å²) in [5, 5.41) is 7.01. The third-order valence-electron chi connectivity index (χ3n) is 3.10. The van der Waals surface area contributed by atoms with E-state index < -0.39 is 0 Å². The van der Waals surface area contributed by atoms with Crippen LogP contribution in [0.3, 0.4) is 0 Å². The van der Waals surface area contributed by atoms with Crippen LogP contribution in [0.15, 0.2) is 23.3 Å². The summed E-state index contributed by atoms with van der Waals surface area (Å²) >= 11 is 5.76. The number of guanidine groups is 1. The van der Waals surface area contributed by atoms with Crippen LogP contribution in [0.1, 0.15) is 25.8 Å². The van der Waals surface area contributed by atoms with E-state index in [2.05, 4.69) is 34.5 Å². The zero-order chi connectivity index (χ0) is 16.2. The van der Waals surface area contributed by atoms with Crippen molar-refractivity contribution in [3.63, 3.8) is 0 Å². The topological polar surface area (TPSA) is 58.5 Å². The molecule has 0 atom stereocenters. The van der Waals surface area contributed by atoms with Crippen LogP contribution in [-0.2, 0) is 11.2 Å². The van der Waals surface area contributed by atoms with Gasteiger partial charge in [-0.15, -0.1) is 24.0 Å². The van der Waals surface area contributed by atoms with E-state index in [4.69, 9.17) is 16.3 Å². The number of hydrogen-bond donors (Lipinski definition) is 2. The van der Waals surface area contributed by atoms with E-state index >= 15 is 0 Å². The molecule has 0 radical (unpaired) electrons. The zero-order valence-corrected chi connectivity index (χ0v) is 17.2. The monoisotopic (exact) mass is 454 g/mol. The van der Waals surface area contributed by atoms with Crippen LogP contribution in [0.2, 0.25) is 5.15 Å². The Balaban J connectivity index is 0.00000484. The number of ether oxygens (including phenoxy) is 1. The van der Waals surface area contributed by atoms with Crippen molar-refractivity contribution in [2.24, 2.45) is 10.9 Å². The van der Waals surface area contributed by atoms with Gasteiger partial charge in [0, 0.05) is 32.9 Å². The maximum Gasteiger partial charge on any atom is 0.191 e. The van der Waals surface area contributed by atoms with Gasteiger partial charge in [-0.2, -0.15) is 0 Å². The van der Waals surface area contributed by atoms with Crippen LogP contribution in [0.4, 0.5) is 0 Å². The number of aliphatic imine (C=N–C) groups is 1. The fourth-order valence-corrected chi connectivity index (χ4v) is 1.87. The van der Waals surface area contributed by atoms with E-state index in [0.717, 1.165) is 44.1 Å². The summed E-state index contributed by atoms with van der Waals surface area (Å²) in [7, 11) is 1.76. The Morgan fingerprint density at radius 3 is 2.61 bits per heavy atom. The molecule has 0 bridgehead atoms. The van der Waals surface area contributed by atoms with Crippen molar-refractivity contribution >= 4 is 41.5 Å². The third kappa shape index (κ3) is 11.6. The van der Waals surface area contributed by atoms with E-state index in [9.17, 15) is 0 Å². The van der Waals surface area contributed by atoms with Gasteiger partial charge in [0.2, 0.25) is 0 Å². The largest absolute Gasteiger partial charge is 0.380 e. The summed E-state index contributed by atoms with van der Waals surface area (Å²) in [6.45, 7) is 7.44. The molecule has 0 aromatic carbocycles. The Morgan fingerprint density at radius 1 is 1.26 bits per heavy atom. The summed E-state index contributed by atoms with van der Waals surface area (Å²) < 4.78 is 5.56. The van der Waals surface area contributed by atoms with Crippen molar-refractivity contribution in [1.82, 2.24) is 15.6 Å². The molecule has 0 aliphatic carbocycles. The van der Waals surface area contributed by atoms with Crippen molar-refractivity contribution in [2.45, 2.75) is 26.7 Å². The SMILES string of the molecule is CN=C(NCCOCCC(C)C)NCCc1ccc(Cl)nc1.I. The van der Waals surface area contributed by atoms with Crippen LogP contribution in [0.25, 0.3) is 0 Å². The van der Waals surface area contributed by atoms with E-state index in [1.54, 1.807) is 19.3 Å². The first-order chi connectivity index (χ1) is 10.6. The van der Waals surface area contributed by atoms with Gasteiger partial charge in [0.05, 0.1) is 6.61 Å². The number of hydrogen-bond acceptors (Lipinski definition) is 3. The van der Waals surface area contributed by atoms with Crippen molar-refractivity contribution in [3.05, 3.63) is 29.0 Å². The highest BCUT2D eigenvalue weighted by Crippen LogP contribution is 2.05. The van der Waals surface area contributed by atoms with E-state index in [1.165, 1.54) is 0 Å². The van der Waals surface area contributed by atoms with Gasteiger partial charge in [-0.1, -0.05) is 31.5 Å². The van der Waals surface area contributed by atoms with Gasteiger partial charge < -0.3 is 15.4 Å². The second-order valence-electron chi connectivity index (χ2n) is 5.46. The van der Waals surface area contributed by atoms with Gasteiger partial charge in [0.25, 0.3) is 0 Å². The van der Waals surface area contributed by atoms with Gasteiger partial charge in [0.15, 0.2) is 5.96 Å². The number of nitrogens with one attached hydrogen (secondary N) is 2. The molecule has 2 N–H and O–H groups in total. The van der Waals surface area contributed by atoms with Gasteiger partial charge >= 0.3 is 0 Å². The molecule has 7 heteroatoms. The number of rotatable bonds is 9. The maximum absolute atomic E-state index is 5.76. The van der Waals surface area contributed by atoms with E-state index in [0.29, 0.717) is 17.7 Å². The van der Waals surface area contributed by atoms with Crippen LogP contribution in [0, 0.1) is 5.92 Å². The lowest BCUT2D eigenvalue weighted by Gasteiger charge is -2.12. The van der Waals surface area contributed by atoms with Crippen molar-refractivity contribution in [3.8, 4) is 0 Å². The Kier molecular flexibility index (Phi) is 13.4. The molecule has 1 aromatic rings. The van der Waals surface area contributed by atoms with Gasteiger partial charge in [0.1, 0.15) is 5.15 Å². The molecular formula is C16H28ClIN4O. The van der Waals surface area contributed by atoms with Crippen molar-refractivity contribution < 1.29 is 4.74 Å². The first-order valence-corrected chi connectivity index (χ1v) is 8.12. The molecule has 23 heavy (non-hydrogen) atoms. The van der Waals surface area contributed by atoms with Gasteiger partial charge in [-0.3, -0.25) is 4.99 Å². The lowest BCUT2D eigenvalue weighted by molar-refractivity contribution is 0.128. The second kappa shape index (κ2) is 13.8. The molecule has 5 nitrogen and oxygen atoms in total. The molecule has 1 rings (SSSR count). The molecule has 1 aromatic heterocycles. The quantitative estimate of drug-likeness (QED) is 0.198. The molecule has 1 heterocycles. The van der Waals surface area contributed by atoms with Crippen molar-refractivity contribution in [2.75, 3.05) is 33.4 Å². The molecule has 0 saturated carbocycles. The average molecular weight is 455 g/mol. The van der Waals surface area contributed by atoms with Crippen molar-refractivity contribution in [1.29, 1.82) is 0 Å². The highest BCUT2D eigenvalue weighted by molar-refractivity contribution is 14.0. The number of halogens is 2. The minimum absolute atomic E-state index is 0. The normalized spacial score (nSPS) is 11.3. The highest BCUT2D eigenvalue weighted by Gasteiger charge is 1.99. The summed E-state index contributed by atoms with van der Waals surface area (Å²) in [4.78, 5) is 8.24. The van der Waals surface area contributed by atoms with Gasteiger partial charge in [-0.05, 0) is 30.4 Å². The lowest BCUT2D eigenvalue weighted by atomic mass is 10.1. The molecule has 132 valence electrons. The minimum atomic E-state index is 0. The minimum Gasteiger partial charge on any atom is -0.380 e. The smallest absolute Gasteiger partial charge is 0.191 e. The van der Waals surface area contributed by atoms with Gasteiger partial charge in [-0.25, -0.2) is 4.98 Å². The Hall–Kier alpha value is -0.600. The predicted molar refractivity (Wildman–Crippen MR) is 108 cm³/mol. The Morgan fingerprint density at radius 2 is 2.00 bits per heavy atom. The summed E-state index contributed by atoms with van der Waals surface area (Å²) in [5.41, 5.74) is 1.14. The van der Waals surface area contributed by atoms with E-state index in [1.807, 2.05) is 6.07 Å². The average Bonchev–Trinajstić information content (AvgIpc) is 2.50. The van der Waals surface area contributed by atoms with Crippen LogP contribution in [0.5, 0.6) is 0 Å². The predicted octanol–water partition coefficient (Wildman–Crippen LogP) is 3.12. The molecule has 0 saturated heterocycles. The lowest BCUT2D eigenvalue weighted by Crippen LogP contribution is -2.39. The molecular weight excluding hydrogens is 427 g/mol. The van der Waals surface area contributed by atoms with Crippen LogP contribution in [-0.4, -0.2) is 44.3 Å². The Bertz CT molecular complexity index is 440. The molecule has 0 amide bonds. The fourth-order valence-electron chi connectivity index (χ4n) is 1.76. The molecule has 0 fully saturated rings.